The van der Waals surface area contributed by atoms with Gasteiger partial charge >= 0.3 is 0 Å². The normalized spacial score (nSPS) is 14.9. The van der Waals surface area contributed by atoms with E-state index in [9.17, 15) is 0 Å². The van der Waals surface area contributed by atoms with E-state index >= 15 is 0 Å². The molecule has 98 valence electrons. The fourth-order valence-corrected chi connectivity index (χ4v) is 2.60. The van der Waals surface area contributed by atoms with Crippen molar-refractivity contribution in [1.29, 1.82) is 0 Å². The fourth-order valence-electron chi connectivity index (χ4n) is 2.16. The average molecular weight is 302 g/mol. The van der Waals surface area contributed by atoms with E-state index in [0.29, 0.717) is 5.92 Å². The molecule has 17 heavy (non-hydrogen) atoms. The zero-order chi connectivity index (χ0) is 13.0. The van der Waals surface area contributed by atoms with Crippen molar-refractivity contribution in [1.82, 2.24) is 9.78 Å². The van der Waals surface area contributed by atoms with Gasteiger partial charge < -0.3 is 5.73 Å². The highest BCUT2D eigenvalue weighted by Crippen LogP contribution is 2.24. The Hall–Kier alpha value is -0.350. The van der Waals surface area contributed by atoms with Crippen LogP contribution in [0.25, 0.3) is 0 Å². The van der Waals surface area contributed by atoms with Crippen molar-refractivity contribution in [2.45, 2.75) is 59.5 Å². The van der Waals surface area contributed by atoms with Crippen LogP contribution < -0.4 is 5.73 Å². The van der Waals surface area contributed by atoms with E-state index in [0.717, 1.165) is 23.1 Å². The largest absolute Gasteiger partial charge is 0.327 e. The maximum Gasteiger partial charge on any atom is 0.0738 e. The Labute approximate surface area is 113 Å². The summed E-state index contributed by atoms with van der Waals surface area (Å²) in [4.78, 5) is 0. The molecule has 1 rings (SSSR count). The van der Waals surface area contributed by atoms with Gasteiger partial charge in [0.25, 0.3) is 0 Å². The standard InChI is InChI=1S/C13H24BrN3/c1-5-7-9(3)11(15)8-12-13(14)10(4)16-17(12)6-2/h9,11H,5-8,15H2,1-4H3. The third kappa shape index (κ3) is 3.55. The first kappa shape index (κ1) is 14.7. The molecule has 0 radical (unpaired) electrons. The first-order chi connectivity index (χ1) is 8.01. The van der Waals surface area contributed by atoms with Crippen LogP contribution >= 0.6 is 15.9 Å². The number of nitrogens with two attached hydrogens (primary N) is 1. The Morgan fingerprint density at radius 1 is 1.41 bits per heavy atom. The van der Waals surface area contributed by atoms with Crippen LogP contribution in [0.2, 0.25) is 0 Å². The molecule has 0 spiro atoms. The Morgan fingerprint density at radius 2 is 2.06 bits per heavy atom. The smallest absolute Gasteiger partial charge is 0.0738 e. The highest BCUT2D eigenvalue weighted by Gasteiger charge is 2.18. The summed E-state index contributed by atoms with van der Waals surface area (Å²) in [5.41, 5.74) is 8.56. The zero-order valence-electron chi connectivity index (χ0n) is 11.3. The molecule has 0 amide bonds. The van der Waals surface area contributed by atoms with Gasteiger partial charge in [0.05, 0.1) is 15.9 Å². The third-order valence-electron chi connectivity index (χ3n) is 3.36. The van der Waals surface area contributed by atoms with Gasteiger partial charge in [0, 0.05) is 19.0 Å². The molecule has 0 saturated carbocycles. The number of rotatable bonds is 6. The second-order valence-corrected chi connectivity index (χ2v) is 5.59. The molecule has 0 aliphatic heterocycles. The van der Waals surface area contributed by atoms with Gasteiger partial charge in [-0.05, 0) is 42.1 Å². The molecule has 3 nitrogen and oxygen atoms in total. The summed E-state index contributed by atoms with van der Waals surface area (Å²) in [7, 11) is 0. The van der Waals surface area contributed by atoms with Crippen molar-refractivity contribution in [3.05, 3.63) is 15.9 Å². The molecule has 4 heteroatoms. The van der Waals surface area contributed by atoms with E-state index in [1.165, 1.54) is 18.5 Å². The molecule has 1 aromatic rings. The number of aryl methyl sites for hydroxylation is 2. The maximum atomic E-state index is 6.28. The van der Waals surface area contributed by atoms with Crippen LogP contribution in [0.3, 0.4) is 0 Å². The van der Waals surface area contributed by atoms with Crippen molar-refractivity contribution < 1.29 is 0 Å². The molecule has 2 N–H and O–H groups in total. The summed E-state index contributed by atoms with van der Waals surface area (Å²) in [6.45, 7) is 9.49. The number of nitrogens with zero attached hydrogens (tertiary/aromatic N) is 2. The highest BCUT2D eigenvalue weighted by atomic mass is 79.9. The van der Waals surface area contributed by atoms with Crippen molar-refractivity contribution in [2.75, 3.05) is 0 Å². The van der Waals surface area contributed by atoms with E-state index in [-0.39, 0.29) is 6.04 Å². The topological polar surface area (TPSA) is 43.8 Å². The van der Waals surface area contributed by atoms with E-state index in [1.807, 2.05) is 6.92 Å². The molecular formula is C13H24BrN3. The van der Waals surface area contributed by atoms with Crippen LogP contribution in [-0.2, 0) is 13.0 Å². The number of hydrogen-bond acceptors (Lipinski definition) is 2. The van der Waals surface area contributed by atoms with Gasteiger partial charge in [-0.1, -0.05) is 20.3 Å². The van der Waals surface area contributed by atoms with E-state index in [1.54, 1.807) is 0 Å². The molecular weight excluding hydrogens is 278 g/mol. The van der Waals surface area contributed by atoms with E-state index < -0.39 is 0 Å². The Kier molecular flexibility index (Phi) is 5.67. The van der Waals surface area contributed by atoms with Crippen LogP contribution in [0, 0.1) is 12.8 Å². The molecule has 0 aliphatic carbocycles. The van der Waals surface area contributed by atoms with Crippen LogP contribution in [0.1, 0.15) is 45.0 Å². The van der Waals surface area contributed by atoms with E-state index in [2.05, 4.69) is 46.5 Å². The lowest BCUT2D eigenvalue weighted by Crippen LogP contribution is -2.31. The molecule has 0 saturated heterocycles. The molecule has 1 heterocycles. The van der Waals surface area contributed by atoms with Crippen molar-refractivity contribution in [2.24, 2.45) is 11.7 Å². The summed E-state index contributed by atoms with van der Waals surface area (Å²) in [6, 6.07) is 0.215. The van der Waals surface area contributed by atoms with Gasteiger partial charge in [-0.15, -0.1) is 0 Å². The van der Waals surface area contributed by atoms with Gasteiger partial charge in [-0.2, -0.15) is 5.10 Å². The lowest BCUT2D eigenvalue weighted by atomic mass is 9.94. The lowest BCUT2D eigenvalue weighted by Gasteiger charge is -2.19. The molecule has 0 aromatic carbocycles. The minimum atomic E-state index is 0.215. The number of halogens is 1. The minimum absolute atomic E-state index is 0.215. The van der Waals surface area contributed by atoms with Crippen LogP contribution in [0.5, 0.6) is 0 Å². The Balaban J connectivity index is 2.80. The first-order valence-electron chi connectivity index (χ1n) is 6.48. The van der Waals surface area contributed by atoms with E-state index in [4.69, 9.17) is 5.73 Å². The predicted molar refractivity (Wildman–Crippen MR) is 76.1 cm³/mol. The highest BCUT2D eigenvalue weighted by molar-refractivity contribution is 9.10. The second kappa shape index (κ2) is 6.55. The summed E-state index contributed by atoms with van der Waals surface area (Å²) in [5, 5.41) is 4.50. The fraction of sp³-hybridized carbons (Fsp3) is 0.769. The van der Waals surface area contributed by atoms with Gasteiger partial charge in [-0.3, -0.25) is 4.68 Å². The van der Waals surface area contributed by atoms with Crippen molar-refractivity contribution in [3.8, 4) is 0 Å². The maximum absolute atomic E-state index is 6.28. The minimum Gasteiger partial charge on any atom is -0.327 e. The average Bonchev–Trinajstić information content (AvgIpc) is 2.57. The molecule has 0 bridgehead atoms. The molecule has 0 fully saturated rings. The Morgan fingerprint density at radius 3 is 2.59 bits per heavy atom. The molecule has 2 unspecified atom stereocenters. The van der Waals surface area contributed by atoms with Gasteiger partial charge in [0.15, 0.2) is 0 Å². The summed E-state index contributed by atoms with van der Waals surface area (Å²) in [5.74, 6) is 0.562. The van der Waals surface area contributed by atoms with Gasteiger partial charge in [0.2, 0.25) is 0 Å². The zero-order valence-corrected chi connectivity index (χ0v) is 12.9. The lowest BCUT2D eigenvalue weighted by molar-refractivity contribution is 0.410. The summed E-state index contributed by atoms with van der Waals surface area (Å²) < 4.78 is 3.18. The number of hydrogen-bond donors (Lipinski definition) is 1. The summed E-state index contributed by atoms with van der Waals surface area (Å²) >= 11 is 3.62. The Bertz CT molecular complexity index is 360. The first-order valence-corrected chi connectivity index (χ1v) is 7.27. The molecule has 0 aliphatic rings. The molecule has 2 atom stereocenters. The van der Waals surface area contributed by atoms with Crippen LogP contribution in [0.15, 0.2) is 4.47 Å². The van der Waals surface area contributed by atoms with Gasteiger partial charge in [0.1, 0.15) is 0 Å². The van der Waals surface area contributed by atoms with Crippen molar-refractivity contribution in [3.63, 3.8) is 0 Å². The number of aromatic nitrogens is 2. The van der Waals surface area contributed by atoms with Crippen molar-refractivity contribution >= 4 is 15.9 Å². The van der Waals surface area contributed by atoms with Crippen LogP contribution in [-0.4, -0.2) is 15.8 Å². The second-order valence-electron chi connectivity index (χ2n) is 4.80. The monoisotopic (exact) mass is 301 g/mol. The quantitative estimate of drug-likeness (QED) is 0.876. The summed E-state index contributed by atoms with van der Waals surface area (Å²) in [6.07, 6.45) is 3.29. The SMILES string of the molecule is CCCC(C)C(N)Cc1c(Br)c(C)nn1CC. The molecule has 1 aromatic heterocycles. The van der Waals surface area contributed by atoms with Crippen LogP contribution in [0.4, 0.5) is 0 Å². The third-order valence-corrected chi connectivity index (χ3v) is 4.39. The van der Waals surface area contributed by atoms with Gasteiger partial charge in [-0.25, -0.2) is 0 Å². The predicted octanol–water partition coefficient (Wildman–Crippen LogP) is 3.28.